The number of aromatic nitrogens is 1. The van der Waals surface area contributed by atoms with E-state index in [1.54, 1.807) is 31.3 Å². The van der Waals surface area contributed by atoms with Crippen LogP contribution in [0.3, 0.4) is 0 Å². The van der Waals surface area contributed by atoms with E-state index < -0.39 is 6.61 Å². The van der Waals surface area contributed by atoms with E-state index in [4.69, 9.17) is 0 Å². The van der Waals surface area contributed by atoms with Gasteiger partial charge in [0.2, 0.25) is 0 Å². The molecule has 22 heavy (non-hydrogen) atoms. The number of ether oxygens (including phenoxy) is 1. The number of nitrogens with zero attached hydrogens (tertiary/aromatic N) is 2. The Labute approximate surface area is 127 Å². The minimum Gasteiger partial charge on any atom is -0.435 e. The lowest BCUT2D eigenvalue weighted by atomic mass is 10.2. The summed E-state index contributed by atoms with van der Waals surface area (Å²) in [6.07, 6.45) is 0. The Morgan fingerprint density at radius 3 is 2.50 bits per heavy atom. The quantitative estimate of drug-likeness (QED) is 0.851. The molecule has 0 N–H and O–H groups in total. The van der Waals surface area contributed by atoms with Crippen LogP contribution in [0, 0.1) is 6.92 Å². The largest absolute Gasteiger partial charge is 0.435 e. The van der Waals surface area contributed by atoms with E-state index in [1.807, 2.05) is 13.0 Å². The number of aryl methyl sites for hydroxylation is 1. The van der Waals surface area contributed by atoms with Crippen LogP contribution in [0.15, 0.2) is 42.5 Å². The van der Waals surface area contributed by atoms with Crippen LogP contribution in [-0.4, -0.2) is 29.5 Å². The molecule has 0 aliphatic carbocycles. The lowest BCUT2D eigenvalue weighted by Gasteiger charge is -2.17. The maximum absolute atomic E-state index is 12.3. The van der Waals surface area contributed by atoms with Gasteiger partial charge in [0.05, 0.1) is 0 Å². The SMILES string of the molecule is Cc1cccc(C(=O)N(C)Cc2ccc(OC(F)F)cc2)n1. The van der Waals surface area contributed by atoms with Gasteiger partial charge in [0.1, 0.15) is 11.4 Å². The molecule has 0 bridgehead atoms. The lowest BCUT2D eigenvalue weighted by molar-refractivity contribution is -0.0498. The molecule has 0 fully saturated rings. The zero-order valence-electron chi connectivity index (χ0n) is 12.3. The zero-order valence-corrected chi connectivity index (χ0v) is 12.3. The molecule has 0 unspecified atom stereocenters. The summed E-state index contributed by atoms with van der Waals surface area (Å²) >= 11 is 0. The van der Waals surface area contributed by atoms with Crippen molar-refractivity contribution in [3.63, 3.8) is 0 Å². The van der Waals surface area contributed by atoms with E-state index in [-0.39, 0.29) is 11.7 Å². The Balaban J connectivity index is 2.02. The van der Waals surface area contributed by atoms with Crippen LogP contribution in [0.2, 0.25) is 0 Å². The van der Waals surface area contributed by atoms with Crippen molar-refractivity contribution in [2.75, 3.05) is 7.05 Å². The summed E-state index contributed by atoms with van der Waals surface area (Å²) in [4.78, 5) is 18.0. The number of benzene rings is 1. The van der Waals surface area contributed by atoms with E-state index in [0.717, 1.165) is 11.3 Å². The molecule has 0 saturated heterocycles. The number of hydrogen-bond donors (Lipinski definition) is 0. The molecule has 1 amide bonds. The van der Waals surface area contributed by atoms with Crippen molar-refractivity contribution in [3.8, 4) is 5.75 Å². The van der Waals surface area contributed by atoms with E-state index >= 15 is 0 Å². The van der Waals surface area contributed by atoms with Gasteiger partial charge in [-0.15, -0.1) is 0 Å². The number of carbonyl (C=O) groups excluding carboxylic acids is 1. The van der Waals surface area contributed by atoms with Gasteiger partial charge in [0.25, 0.3) is 5.91 Å². The summed E-state index contributed by atoms with van der Waals surface area (Å²) in [6, 6.07) is 11.4. The van der Waals surface area contributed by atoms with E-state index in [9.17, 15) is 13.6 Å². The molecule has 0 atom stereocenters. The molecular weight excluding hydrogens is 290 g/mol. The van der Waals surface area contributed by atoms with Crippen LogP contribution < -0.4 is 4.74 Å². The molecule has 1 heterocycles. The predicted octanol–water partition coefficient (Wildman–Crippen LogP) is 3.26. The van der Waals surface area contributed by atoms with Crippen LogP contribution in [0.1, 0.15) is 21.7 Å². The lowest BCUT2D eigenvalue weighted by Crippen LogP contribution is -2.27. The molecule has 1 aromatic carbocycles. The van der Waals surface area contributed by atoms with Gasteiger partial charge in [0.15, 0.2) is 0 Å². The summed E-state index contributed by atoms with van der Waals surface area (Å²) in [7, 11) is 1.66. The standard InChI is InChI=1S/C16H16F2N2O2/c1-11-4-3-5-14(19-11)15(21)20(2)10-12-6-8-13(9-7-12)22-16(17)18/h3-9,16H,10H2,1-2H3. The number of rotatable bonds is 5. The van der Waals surface area contributed by atoms with Crippen molar-refractivity contribution >= 4 is 5.91 Å². The van der Waals surface area contributed by atoms with Crippen molar-refractivity contribution in [2.45, 2.75) is 20.1 Å². The molecule has 2 rings (SSSR count). The summed E-state index contributed by atoms with van der Waals surface area (Å²) in [5.74, 6) is -0.107. The van der Waals surface area contributed by atoms with Crippen molar-refractivity contribution in [2.24, 2.45) is 0 Å². The fraction of sp³-hybridized carbons (Fsp3) is 0.250. The second kappa shape index (κ2) is 6.98. The van der Waals surface area contributed by atoms with Crippen LogP contribution in [0.5, 0.6) is 5.75 Å². The highest BCUT2D eigenvalue weighted by molar-refractivity contribution is 5.92. The third kappa shape index (κ3) is 4.25. The van der Waals surface area contributed by atoms with Gasteiger partial charge in [0, 0.05) is 19.3 Å². The second-order valence-electron chi connectivity index (χ2n) is 4.85. The minimum absolute atomic E-state index is 0.0908. The van der Waals surface area contributed by atoms with Crippen LogP contribution in [-0.2, 0) is 6.54 Å². The first-order valence-electron chi connectivity index (χ1n) is 6.68. The van der Waals surface area contributed by atoms with Crippen molar-refractivity contribution in [1.82, 2.24) is 9.88 Å². The maximum Gasteiger partial charge on any atom is 0.387 e. The van der Waals surface area contributed by atoms with E-state index in [0.29, 0.717) is 12.2 Å². The fourth-order valence-electron chi connectivity index (χ4n) is 1.98. The van der Waals surface area contributed by atoms with Crippen LogP contribution in [0.25, 0.3) is 0 Å². The third-order valence-electron chi connectivity index (χ3n) is 3.02. The summed E-state index contributed by atoms with van der Waals surface area (Å²) < 4.78 is 28.4. The Hall–Kier alpha value is -2.50. The van der Waals surface area contributed by atoms with Gasteiger partial charge in [-0.05, 0) is 36.8 Å². The van der Waals surface area contributed by atoms with Gasteiger partial charge in [-0.25, -0.2) is 4.98 Å². The average molecular weight is 306 g/mol. The highest BCUT2D eigenvalue weighted by Crippen LogP contribution is 2.16. The third-order valence-corrected chi connectivity index (χ3v) is 3.02. The maximum atomic E-state index is 12.3. The molecule has 0 aliphatic heterocycles. The second-order valence-corrected chi connectivity index (χ2v) is 4.85. The number of amides is 1. The number of alkyl halides is 2. The highest BCUT2D eigenvalue weighted by Gasteiger charge is 2.13. The number of pyridine rings is 1. The molecule has 6 heteroatoms. The normalized spacial score (nSPS) is 10.6. The molecule has 2 aromatic rings. The first kappa shape index (κ1) is 15.9. The zero-order chi connectivity index (χ0) is 16.1. The molecule has 4 nitrogen and oxygen atoms in total. The van der Waals surface area contributed by atoms with Crippen molar-refractivity contribution < 1.29 is 18.3 Å². The molecule has 1 aromatic heterocycles. The molecule has 116 valence electrons. The monoisotopic (exact) mass is 306 g/mol. The van der Waals surface area contributed by atoms with Crippen LogP contribution in [0.4, 0.5) is 8.78 Å². The minimum atomic E-state index is -2.84. The molecule has 0 saturated carbocycles. The van der Waals surface area contributed by atoms with E-state index in [1.165, 1.54) is 17.0 Å². The smallest absolute Gasteiger partial charge is 0.387 e. The topological polar surface area (TPSA) is 42.4 Å². The summed E-state index contributed by atoms with van der Waals surface area (Å²) in [5, 5.41) is 0. The van der Waals surface area contributed by atoms with Crippen molar-refractivity contribution in [1.29, 1.82) is 0 Å². The Bertz CT molecular complexity index is 645. The number of hydrogen-bond acceptors (Lipinski definition) is 3. The predicted molar refractivity (Wildman–Crippen MR) is 77.8 cm³/mol. The van der Waals surface area contributed by atoms with Gasteiger partial charge < -0.3 is 9.64 Å². The Morgan fingerprint density at radius 2 is 1.91 bits per heavy atom. The highest BCUT2D eigenvalue weighted by atomic mass is 19.3. The Morgan fingerprint density at radius 1 is 1.23 bits per heavy atom. The summed E-state index contributed by atoms with van der Waals surface area (Å²) in [6.45, 7) is -0.676. The van der Waals surface area contributed by atoms with Gasteiger partial charge in [-0.3, -0.25) is 4.79 Å². The molecule has 0 radical (unpaired) electrons. The van der Waals surface area contributed by atoms with Gasteiger partial charge in [-0.1, -0.05) is 18.2 Å². The van der Waals surface area contributed by atoms with Gasteiger partial charge >= 0.3 is 6.61 Å². The average Bonchev–Trinajstić information content (AvgIpc) is 2.48. The number of halogens is 2. The van der Waals surface area contributed by atoms with Crippen LogP contribution >= 0.6 is 0 Å². The molecular formula is C16H16F2N2O2. The fourth-order valence-corrected chi connectivity index (χ4v) is 1.98. The number of carbonyl (C=O) groups is 1. The first-order valence-corrected chi connectivity index (χ1v) is 6.68. The Kier molecular flexibility index (Phi) is 5.04. The molecule has 0 spiro atoms. The van der Waals surface area contributed by atoms with Gasteiger partial charge in [-0.2, -0.15) is 8.78 Å². The first-order chi connectivity index (χ1) is 10.5. The molecule has 0 aliphatic rings. The van der Waals surface area contributed by atoms with E-state index in [2.05, 4.69) is 9.72 Å². The summed E-state index contributed by atoms with van der Waals surface area (Å²) in [5.41, 5.74) is 1.96. The van der Waals surface area contributed by atoms with Crippen molar-refractivity contribution in [3.05, 3.63) is 59.4 Å².